The molecule has 0 heterocycles. The molecular formula is C10H26N4O. The zero-order chi connectivity index (χ0) is 11.8. The van der Waals surface area contributed by atoms with E-state index in [-0.39, 0.29) is 24.2 Å². The largest absolute Gasteiger partial charge is 0.381 e. The molecule has 0 aromatic rings. The lowest BCUT2D eigenvalue weighted by Crippen LogP contribution is -2.40. The number of hydrogen-bond acceptors (Lipinski definition) is 5. The van der Waals surface area contributed by atoms with Crippen LogP contribution in [0.2, 0.25) is 0 Å². The summed E-state index contributed by atoms with van der Waals surface area (Å²) in [6.07, 6.45) is 1.57. The highest BCUT2D eigenvalue weighted by Gasteiger charge is 2.09. The molecule has 0 bridgehead atoms. The molecule has 0 fully saturated rings. The molecule has 0 aliphatic carbocycles. The summed E-state index contributed by atoms with van der Waals surface area (Å²) in [6.45, 7) is 5.07. The van der Waals surface area contributed by atoms with Crippen molar-refractivity contribution in [3.63, 3.8) is 0 Å². The first kappa shape index (κ1) is 14.8. The highest BCUT2D eigenvalue weighted by molar-refractivity contribution is 4.72. The Morgan fingerprint density at radius 2 is 1.13 bits per heavy atom. The van der Waals surface area contributed by atoms with Crippen LogP contribution in [0.1, 0.15) is 26.7 Å². The quantitative estimate of drug-likeness (QED) is 0.396. The Labute approximate surface area is 92.5 Å². The first-order chi connectivity index (χ1) is 6.95. The Bertz CT molecular complexity index is 136. The van der Waals surface area contributed by atoms with Crippen LogP contribution in [0.5, 0.6) is 0 Å². The SMILES string of the molecule is CC(N)C(N)CCOCCC(N)C(C)N. The standard InChI is InChI=1S/C10H26N4O/c1-7(11)9(13)3-5-15-6-4-10(14)8(2)12/h7-10H,3-6,11-14H2,1-2H3. The van der Waals surface area contributed by atoms with Gasteiger partial charge >= 0.3 is 0 Å². The van der Waals surface area contributed by atoms with Crippen molar-refractivity contribution in [3.8, 4) is 0 Å². The molecule has 0 rings (SSSR count). The minimum absolute atomic E-state index is 0.00658. The molecule has 0 aliphatic rings. The molecule has 5 nitrogen and oxygen atoms in total. The van der Waals surface area contributed by atoms with Gasteiger partial charge in [0.25, 0.3) is 0 Å². The first-order valence-corrected chi connectivity index (χ1v) is 5.55. The van der Waals surface area contributed by atoms with E-state index < -0.39 is 0 Å². The van der Waals surface area contributed by atoms with E-state index in [4.69, 9.17) is 27.7 Å². The molecule has 0 aromatic heterocycles. The third-order valence-electron chi connectivity index (χ3n) is 2.54. The lowest BCUT2D eigenvalue weighted by molar-refractivity contribution is 0.117. The van der Waals surface area contributed by atoms with Crippen LogP contribution in [-0.2, 0) is 4.74 Å². The van der Waals surface area contributed by atoms with Crippen molar-refractivity contribution in [3.05, 3.63) is 0 Å². The van der Waals surface area contributed by atoms with Crippen molar-refractivity contribution >= 4 is 0 Å². The van der Waals surface area contributed by atoms with Gasteiger partial charge in [0.2, 0.25) is 0 Å². The molecule has 0 aromatic carbocycles. The maximum atomic E-state index is 5.76. The highest BCUT2D eigenvalue weighted by Crippen LogP contribution is 1.97. The van der Waals surface area contributed by atoms with Crippen LogP contribution in [0.25, 0.3) is 0 Å². The fraction of sp³-hybridized carbons (Fsp3) is 1.00. The van der Waals surface area contributed by atoms with Crippen molar-refractivity contribution in [2.45, 2.75) is 50.9 Å². The summed E-state index contributed by atoms with van der Waals surface area (Å²) in [4.78, 5) is 0. The van der Waals surface area contributed by atoms with Gasteiger partial charge < -0.3 is 27.7 Å². The Kier molecular flexibility index (Phi) is 7.90. The van der Waals surface area contributed by atoms with Crippen LogP contribution < -0.4 is 22.9 Å². The Morgan fingerprint density at radius 1 is 0.800 bits per heavy atom. The van der Waals surface area contributed by atoms with Gasteiger partial charge in [-0.25, -0.2) is 0 Å². The second kappa shape index (κ2) is 8.01. The molecule has 4 unspecified atom stereocenters. The van der Waals surface area contributed by atoms with Gasteiger partial charge in [-0.1, -0.05) is 0 Å². The van der Waals surface area contributed by atoms with E-state index in [0.29, 0.717) is 13.2 Å². The molecule has 4 atom stereocenters. The van der Waals surface area contributed by atoms with E-state index in [2.05, 4.69) is 0 Å². The Hall–Kier alpha value is -0.200. The summed E-state index contributed by atoms with van der Waals surface area (Å²) in [7, 11) is 0. The van der Waals surface area contributed by atoms with Crippen LogP contribution in [-0.4, -0.2) is 37.4 Å². The van der Waals surface area contributed by atoms with Crippen molar-refractivity contribution in [1.29, 1.82) is 0 Å². The van der Waals surface area contributed by atoms with E-state index in [9.17, 15) is 0 Å². The molecular weight excluding hydrogens is 192 g/mol. The molecule has 0 spiro atoms. The van der Waals surface area contributed by atoms with Gasteiger partial charge in [-0.2, -0.15) is 0 Å². The lowest BCUT2D eigenvalue weighted by Gasteiger charge is -2.17. The van der Waals surface area contributed by atoms with Crippen LogP contribution >= 0.6 is 0 Å². The number of nitrogens with two attached hydrogens (primary N) is 4. The van der Waals surface area contributed by atoms with Crippen LogP contribution in [0, 0.1) is 0 Å². The maximum Gasteiger partial charge on any atom is 0.0481 e. The van der Waals surface area contributed by atoms with Gasteiger partial charge in [-0.15, -0.1) is 0 Å². The van der Waals surface area contributed by atoms with Crippen molar-refractivity contribution in [2.24, 2.45) is 22.9 Å². The molecule has 92 valence electrons. The second-order valence-corrected chi connectivity index (χ2v) is 4.24. The van der Waals surface area contributed by atoms with E-state index in [0.717, 1.165) is 12.8 Å². The third kappa shape index (κ3) is 7.70. The topological polar surface area (TPSA) is 113 Å². The van der Waals surface area contributed by atoms with Gasteiger partial charge in [0, 0.05) is 37.4 Å². The van der Waals surface area contributed by atoms with Gasteiger partial charge in [0.15, 0.2) is 0 Å². The molecule has 0 saturated heterocycles. The minimum atomic E-state index is 0.00658. The summed E-state index contributed by atoms with van der Waals surface area (Å²) in [6, 6.07) is 0.0408. The summed E-state index contributed by atoms with van der Waals surface area (Å²) in [5.41, 5.74) is 22.8. The zero-order valence-electron chi connectivity index (χ0n) is 9.86. The normalized spacial score (nSPS) is 19.6. The lowest BCUT2D eigenvalue weighted by atomic mass is 10.1. The van der Waals surface area contributed by atoms with E-state index in [1.54, 1.807) is 0 Å². The van der Waals surface area contributed by atoms with E-state index in [1.165, 1.54) is 0 Å². The summed E-state index contributed by atoms with van der Waals surface area (Å²) < 4.78 is 5.40. The highest BCUT2D eigenvalue weighted by atomic mass is 16.5. The van der Waals surface area contributed by atoms with Gasteiger partial charge in [-0.3, -0.25) is 0 Å². The van der Waals surface area contributed by atoms with Crippen LogP contribution in [0.15, 0.2) is 0 Å². The predicted molar refractivity (Wildman–Crippen MR) is 63.3 cm³/mol. The van der Waals surface area contributed by atoms with Crippen molar-refractivity contribution in [1.82, 2.24) is 0 Å². The molecule has 0 amide bonds. The molecule has 0 aliphatic heterocycles. The Morgan fingerprint density at radius 3 is 1.40 bits per heavy atom. The van der Waals surface area contributed by atoms with Gasteiger partial charge in [0.05, 0.1) is 0 Å². The van der Waals surface area contributed by atoms with Crippen LogP contribution in [0.3, 0.4) is 0 Å². The summed E-state index contributed by atoms with van der Waals surface area (Å²) in [5.74, 6) is 0. The maximum absolute atomic E-state index is 5.76. The first-order valence-electron chi connectivity index (χ1n) is 5.55. The number of rotatable bonds is 8. The fourth-order valence-electron chi connectivity index (χ4n) is 1.07. The Balaban J connectivity index is 3.32. The number of ether oxygens (including phenoxy) is 1. The van der Waals surface area contributed by atoms with Gasteiger partial charge in [0.1, 0.15) is 0 Å². The van der Waals surface area contributed by atoms with Gasteiger partial charge in [-0.05, 0) is 26.7 Å². The summed E-state index contributed by atoms with van der Waals surface area (Å²) in [5, 5.41) is 0. The monoisotopic (exact) mass is 218 g/mol. The van der Waals surface area contributed by atoms with Crippen molar-refractivity contribution < 1.29 is 4.74 Å². The minimum Gasteiger partial charge on any atom is -0.381 e. The average molecular weight is 218 g/mol. The fourth-order valence-corrected chi connectivity index (χ4v) is 1.07. The zero-order valence-corrected chi connectivity index (χ0v) is 9.86. The second-order valence-electron chi connectivity index (χ2n) is 4.24. The molecule has 15 heavy (non-hydrogen) atoms. The molecule has 8 N–H and O–H groups in total. The predicted octanol–water partition coefficient (Wildman–Crippen LogP) is -0.868. The summed E-state index contributed by atoms with van der Waals surface area (Å²) >= 11 is 0. The third-order valence-corrected chi connectivity index (χ3v) is 2.54. The smallest absolute Gasteiger partial charge is 0.0481 e. The number of hydrogen-bond donors (Lipinski definition) is 4. The van der Waals surface area contributed by atoms with Crippen molar-refractivity contribution in [2.75, 3.05) is 13.2 Å². The van der Waals surface area contributed by atoms with E-state index >= 15 is 0 Å². The molecule has 0 saturated carbocycles. The molecule has 5 heteroatoms. The molecule has 0 radical (unpaired) electrons. The van der Waals surface area contributed by atoms with E-state index in [1.807, 2.05) is 13.8 Å². The average Bonchev–Trinajstić information content (AvgIpc) is 2.16. The van der Waals surface area contributed by atoms with Crippen LogP contribution in [0.4, 0.5) is 0 Å².